The van der Waals surface area contributed by atoms with Gasteiger partial charge in [0.05, 0.1) is 30.3 Å². The fraction of sp³-hybridized carbons (Fsp3) is 0.267. The molecule has 2 rings (SSSR count). The first-order valence-electron chi connectivity index (χ1n) is 7.04. The van der Waals surface area contributed by atoms with Gasteiger partial charge in [-0.3, -0.25) is 4.79 Å². The monoisotopic (exact) mass is 374 g/mol. The normalized spacial score (nSPS) is 11.2. The van der Waals surface area contributed by atoms with Crippen molar-refractivity contribution in [1.29, 1.82) is 0 Å². The second-order valence-corrected chi connectivity index (χ2v) is 5.28. The van der Waals surface area contributed by atoms with E-state index in [0.717, 1.165) is 18.3 Å². The van der Waals surface area contributed by atoms with E-state index in [1.165, 1.54) is 12.3 Å². The van der Waals surface area contributed by atoms with Crippen LogP contribution in [0.4, 0.5) is 24.7 Å². The molecule has 0 unspecified atom stereocenters. The van der Waals surface area contributed by atoms with E-state index in [0.29, 0.717) is 19.0 Å². The van der Waals surface area contributed by atoms with Gasteiger partial charge in [-0.1, -0.05) is 11.6 Å². The van der Waals surface area contributed by atoms with Crippen LogP contribution in [0.3, 0.4) is 0 Å². The van der Waals surface area contributed by atoms with Crippen LogP contribution in [0, 0.1) is 0 Å². The van der Waals surface area contributed by atoms with Crippen molar-refractivity contribution in [3.05, 3.63) is 46.9 Å². The quantitative estimate of drug-likeness (QED) is 0.757. The third kappa shape index (κ3) is 5.30. The summed E-state index contributed by atoms with van der Waals surface area (Å²) in [6.45, 7) is 0.955. The van der Waals surface area contributed by atoms with Gasteiger partial charge in [-0.05, 0) is 18.2 Å². The van der Waals surface area contributed by atoms with E-state index in [4.69, 9.17) is 16.3 Å². The van der Waals surface area contributed by atoms with E-state index in [2.05, 4.69) is 20.6 Å². The van der Waals surface area contributed by atoms with Gasteiger partial charge in [-0.2, -0.15) is 13.2 Å². The molecule has 1 heterocycles. The van der Waals surface area contributed by atoms with Gasteiger partial charge in [0.25, 0.3) is 5.91 Å². The molecule has 0 saturated heterocycles. The maximum absolute atomic E-state index is 13.0. The number of anilines is 2. The molecule has 0 bridgehead atoms. The first-order valence-corrected chi connectivity index (χ1v) is 7.42. The molecular formula is C15H14ClF3N4O2. The average Bonchev–Trinajstić information content (AvgIpc) is 2.56. The lowest BCUT2D eigenvalue weighted by Gasteiger charge is -2.14. The zero-order valence-corrected chi connectivity index (χ0v) is 13.8. The molecule has 0 spiro atoms. The Balaban J connectivity index is 2.12. The van der Waals surface area contributed by atoms with Gasteiger partial charge in [-0.25, -0.2) is 9.97 Å². The lowest BCUT2D eigenvalue weighted by atomic mass is 10.1. The number of amides is 1. The van der Waals surface area contributed by atoms with Crippen molar-refractivity contribution >= 4 is 29.0 Å². The zero-order chi connectivity index (χ0) is 18.4. The van der Waals surface area contributed by atoms with Gasteiger partial charge in [0, 0.05) is 18.7 Å². The Morgan fingerprint density at radius 2 is 2.04 bits per heavy atom. The minimum atomic E-state index is -4.66. The minimum Gasteiger partial charge on any atom is -0.383 e. The Kier molecular flexibility index (Phi) is 6.16. The Bertz CT molecular complexity index is 739. The van der Waals surface area contributed by atoms with Gasteiger partial charge >= 0.3 is 6.18 Å². The van der Waals surface area contributed by atoms with Crippen LogP contribution < -0.4 is 10.6 Å². The molecule has 134 valence electrons. The molecule has 6 nitrogen and oxygen atoms in total. The molecule has 0 aliphatic rings. The molecule has 2 aromatic rings. The van der Waals surface area contributed by atoms with Crippen LogP contribution in [0.15, 0.2) is 30.6 Å². The fourth-order valence-electron chi connectivity index (χ4n) is 1.86. The third-order valence-corrected chi connectivity index (χ3v) is 3.27. The van der Waals surface area contributed by atoms with Crippen LogP contribution in [0.5, 0.6) is 0 Å². The van der Waals surface area contributed by atoms with E-state index >= 15 is 0 Å². The summed E-state index contributed by atoms with van der Waals surface area (Å²) < 4.78 is 43.9. The van der Waals surface area contributed by atoms with Crippen LogP contribution >= 0.6 is 11.6 Å². The van der Waals surface area contributed by atoms with Gasteiger partial charge in [-0.15, -0.1) is 0 Å². The van der Waals surface area contributed by atoms with Crippen molar-refractivity contribution < 1.29 is 22.7 Å². The molecule has 0 aliphatic carbocycles. The van der Waals surface area contributed by atoms with Crippen molar-refractivity contribution in [2.75, 3.05) is 30.9 Å². The number of halogens is 4. The van der Waals surface area contributed by atoms with Gasteiger partial charge in [0.15, 0.2) is 0 Å². The van der Waals surface area contributed by atoms with Crippen molar-refractivity contribution in [2.45, 2.75) is 6.18 Å². The highest BCUT2D eigenvalue weighted by Gasteiger charge is 2.34. The number of aromatic nitrogens is 2. The molecule has 1 aromatic carbocycles. The molecule has 0 aliphatic heterocycles. The summed E-state index contributed by atoms with van der Waals surface area (Å²) >= 11 is 5.60. The number of benzene rings is 1. The average molecular weight is 375 g/mol. The van der Waals surface area contributed by atoms with Gasteiger partial charge in [0.2, 0.25) is 0 Å². The maximum atomic E-state index is 13.0. The summed E-state index contributed by atoms with van der Waals surface area (Å²) in [6, 6.07) is 3.07. The second kappa shape index (κ2) is 8.13. The topological polar surface area (TPSA) is 76.1 Å². The van der Waals surface area contributed by atoms with Gasteiger partial charge in [0.1, 0.15) is 11.5 Å². The van der Waals surface area contributed by atoms with E-state index in [1.807, 2.05) is 0 Å². The Hall–Kier alpha value is -2.39. The summed E-state index contributed by atoms with van der Waals surface area (Å²) in [4.78, 5) is 19.9. The Labute approximate surface area is 146 Å². The number of rotatable bonds is 6. The van der Waals surface area contributed by atoms with Crippen LogP contribution in [0.2, 0.25) is 5.02 Å². The first-order chi connectivity index (χ1) is 11.8. The van der Waals surface area contributed by atoms with Crippen molar-refractivity contribution in [3.63, 3.8) is 0 Å². The summed E-state index contributed by atoms with van der Waals surface area (Å²) in [5.74, 6) is -0.403. The lowest BCUT2D eigenvalue weighted by Crippen LogP contribution is -2.18. The number of carbonyl (C=O) groups is 1. The lowest BCUT2D eigenvalue weighted by molar-refractivity contribution is -0.136. The van der Waals surface area contributed by atoms with Crippen molar-refractivity contribution in [2.24, 2.45) is 0 Å². The number of hydrogen-bond donors (Lipinski definition) is 2. The largest absolute Gasteiger partial charge is 0.418 e. The van der Waals surface area contributed by atoms with Crippen LogP contribution in [-0.4, -0.2) is 36.1 Å². The SMILES string of the molecule is COCCNc1cnc(C(=O)Nc2ccc(Cl)cc2C(F)(F)F)cn1. The minimum absolute atomic E-state index is 0.0865. The molecular weight excluding hydrogens is 361 g/mol. The number of carbonyl (C=O) groups excluding carboxylic acids is 1. The smallest absolute Gasteiger partial charge is 0.383 e. The van der Waals surface area contributed by atoms with E-state index in [9.17, 15) is 18.0 Å². The number of ether oxygens (including phenoxy) is 1. The highest BCUT2D eigenvalue weighted by atomic mass is 35.5. The predicted molar refractivity (Wildman–Crippen MR) is 86.8 cm³/mol. The van der Waals surface area contributed by atoms with E-state index in [-0.39, 0.29) is 10.7 Å². The predicted octanol–water partition coefficient (Wildman–Crippen LogP) is 3.46. The molecule has 10 heteroatoms. The van der Waals surface area contributed by atoms with E-state index in [1.54, 1.807) is 7.11 Å². The highest BCUT2D eigenvalue weighted by Crippen LogP contribution is 2.36. The van der Waals surface area contributed by atoms with Crippen LogP contribution in [-0.2, 0) is 10.9 Å². The number of nitrogens with zero attached hydrogens (tertiary/aromatic N) is 2. The molecule has 0 fully saturated rings. The summed E-state index contributed by atoms with van der Waals surface area (Å²) in [5.41, 5.74) is -1.58. The van der Waals surface area contributed by atoms with Gasteiger partial charge < -0.3 is 15.4 Å². The summed E-state index contributed by atoms with van der Waals surface area (Å²) in [5, 5.41) is 4.99. The van der Waals surface area contributed by atoms with E-state index < -0.39 is 23.3 Å². The number of nitrogens with one attached hydrogen (secondary N) is 2. The first kappa shape index (κ1) is 18.9. The summed E-state index contributed by atoms with van der Waals surface area (Å²) in [7, 11) is 1.55. The molecule has 2 N–H and O–H groups in total. The molecule has 0 radical (unpaired) electrons. The Morgan fingerprint density at radius 3 is 2.64 bits per heavy atom. The molecule has 1 amide bonds. The molecule has 0 atom stereocenters. The second-order valence-electron chi connectivity index (χ2n) is 4.85. The molecule has 0 saturated carbocycles. The number of alkyl halides is 3. The van der Waals surface area contributed by atoms with Crippen LogP contribution in [0.1, 0.15) is 16.1 Å². The molecule has 1 aromatic heterocycles. The van der Waals surface area contributed by atoms with Crippen LogP contribution in [0.25, 0.3) is 0 Å². The standard InChI is InChI=1S/C15H14ClF3N4O2/c1-25-5-4-20-13-8-21-12(7-22-13)14(24)23-11-3-2-9(16)6-10(11)15(17,18)19/h2-3,6-8H,4-5H2,1H3,(H,20,22)(H,23,24). The fourth-order valence-corrected chi connectivity index (χ4v) is 2.04. The summed E-state index contributed by atoms with van der Waals surface area (Å²) in [6.07, 6.45) is -2.20. The number of hydrogen-bond acceptors (Lipinski definition) is 5. The zero-order valence-electron chi connectivity index (χ0n) is 13.0. The van der Waals surface area contributed by atoms with Crippen molar-refractivity contribution in [1.82, 2.24) is 9.97 Å². The third-order valence-electron chi connectivity index (χ3n) is 3.03. The molecule has 25 heavy (non-hydrogen) atoms. The maximum Gasteiger partial charge on any atom is 0.418 e. The highest BCUT2D eigenvalue weighted by molar-refractivity contribution is 6.30. The Morgan fingerprint density at radius 1 is 1.28 bits per heavy atom. The van der Waals surface area contributed by atoms with Crippen molar-refractivity contribution in [3.8, 4) is 0 Å². The number of methoxy groups -OCH3 is 1.